The van der Waals surface area contributed by atoms with Gasteiger partial charge in [0.1, 0.15) is 5.54 Å². The largest absolute Gasteiger partial charge is 0.480 e. The lowest BCUT2D eigenvalue weighted by atomic mass is 10.2. The summed E-state index contributed by atoms with van der Waals surface area (Å²) in [5.74, 6) is -5.23. The van der Waals surface area contributed by atoms with Crippen molar-refractivity contribution in [3.05, 3.63) is 0 Å². The van der Waals surface area contributed by atoms with E-state index in [0.29, 0.717) is 0 Å². The minimum Gasteiger partial charge on any atom is -0.480 e. The number of aliphatic carboxylic acids is 4. The first-order chi connectivity index (χ1) is 10.6. The van der Waals surface area contributed by atoms with Crippen LogP contribution in [-0.2, 0) is 19.2 Å². The molecule has 130 valence electrons. The van der Waals surface area contributed by atoms with Gasteiger partial charge in [-0.05, 0) is 0 Å². The van der Waals surface area contributed by atoms with Gasteiger partial charge in [-0.15, -0.1) is 0 Å². The minimum absolute atomic E-state index is 0.145. The van der Waals surface area contributed by atoms with E-state index in [1.165, 1.54) is 0 Å². The lowest BCUT2D eigenvalue weighted by Gasteiger charge is -2.29. The zero-order valence-corrected chi connectivity index (χ0v) is 12.1. The molecule has 2 atom stereocenters. The Kier molecular flexibility index (Phi) is 6.01. The van der Waals surface area contributed by atoms with Crippen LogP contribution in [0.2, 0.25) is 0 Å². The van der Waals surface area contributed by atoms with Crippen LogP contribution in [0.4, 0.5) is 0 Å². The summed E-state index contributed by atoms with van der Waals surface area (Å²) in [7, 11) is 0. The second kappa shape index (κ2) is 7.35. The van der Waals surface area contributed by atoms with E-state index >= 15 is 0 Å². The third-order valence-electron chi connectivity index (χ3n) is 3.56. The molecule has 0 bridgehead atoms. The highest BCUT2D eigenvalue weighted by Gasteiger charge is 2.64. The standard InChI is InChI=1S/C12H18N2O9/c15-7-3-12(7,11(22)23)14(6-10(20)21)2-1-13(4-8(16)17)5-9(18)19/h7,15H,1-6H2,(H,16,17)(H,18,19)(H,20,21)(H,22,23). The predicted molar refractivity (Wildman–Crippen MR) is 71.9 cm³/mol. The van der Waals surface area contributed by atoms with Gasteiger partial charge >= 0.3 is 23.9 Å². The molecule has 11 nitrogen and oxygen atoms in total. The maximum atomic E-state index is 11.3. The summed E-state index contributed by atoms with van der Waals surface area (Å²) < 4.78 is 0. The van der Waals surface area contributed by atoms with Gasteiger partial charge in [0.05, 0.1) is 25.7 Å². The number of rotatable bonds is 11. The molecule has 1 rings (SSSR count). The molecule has 0 radical (unpaired) electrons. The molecule has 5 N–H and O–H groups in total. The summed E-state index contributed by atoms with van der Waals surface area (Å²) in [6, 6.07) is 0. The van der Waals surface area contributed by atoms with Crippen LogP contribution in [0.5, 0.6) is 0 Å². The third kappa shape index (κ3) is 4.87. The van der Waals surface area contributed by atoms with Crippen molar-refractivity contribution in [3.63, 3.8) is 0 Å². The molecule has 1 aliphatic rings. The highest BCUT2D eigenvalue weighted by atomic mass is 16.4. The first kappa shape index (κ1) is 18.8. The normalized spacial score (nSPS) is 23.0. The second-order valence-electron chi connectivity index (χ2n) is 5.26. The van der Waals surface area contributed by atoms with Gasteiger partial charge in [-0.3, -0.25) is 29.0 Å². The lowest BCUT2D eigenvalue weighted by Crippen LogP contribution is -2.52. The van der Waals surface area contributed by atoms with E-state index in [-0.39, 0.29) is 19.5 Å². The molecule has 2 unspecified atom stereocenters. The summed E-state index contributed by atoms with van der Waals surface area (Å²) in [4.78, 5) is 45.7. The SMILES string of the molecule is O=C(O)CN(CCN(CC(=O)O)C1(C(=O)O)CC1O)CC(=O)O. The van der Waals surface area contributed by atoms with Crippen molar-refractivity contribution < 1.29 is 44.7 Å². The Labute approximate surface area is 130 Å². The number of aliphatic hydroxyl groups excluding tert-OH is 1. The highest BCUT2D eigenvalue weighted by molar-refractivity contribution is 5.85. The molecule has 0 aromatic heterocycles. The van der Waals surface area contributed by atoms with E-state index in [2.05, 4.69) is 0 Å². The van der Waals surface area contributed by atoms with Gasteiger partial charge in [0.25, 0.3) is 0 Å². The zero-order chi connectivity index (χ0) is 17.8. The molecule has 11 heteroatoms. The van der Waals surface area contributed by atoms with Crippen molar-refractivity contribution in [2.45, 2.75) is 18.1 Å². The van der Waals surface area contributed by atoms with Gasteiger partial charge in [-0.2, -0.15) is 0 Å². The van der Waals surface area contributed by atoms with Crippen LogP contribution in [0.15, 0.2) is 0 Å². The average Bonchev–Trinajstić information content (AvgIpc) is 3.05. The quantitative estimate of drug-likeness (QED) is 0.268. The van der Waals surface area contributed by atoms with E-state index in [9.17, 15) is 29.4 Å². The van der Waals surface area contributed by atoms with Crippen LogP contribution in [0.1, 0.15) is 6.42 Å². The Bertz CT molecular complexity index is 493. The Morgan fingerprint density at radius 1 is 0.870 bits per heavy atom. The number of hydrogen-bond donors (Lipinski definition) is 5. The van der Waals surface area contributed by atoms with Crippen LogP contribution >= 0.6 is 0 Å². The highest BCUT2D eigenvalue weighted by Crippen LogP contribution is 2.42. The molecule has 0 spiro atoms. The number of hydrogen-bond acceptors (Lipinski definition) is 7. The van der Waals surface area contributed by atoms with E-state index in [1.807, 2.05) is 0 Å². The van der Waals surface area contributed by atoms with Crippen molar-refractivity contribution in [1.82, 2.24) is 9.80 Å². The molecule has 0 aromatic rings. The van der Waals surface area contributed by atoms with Crippen LogP contribution in [-0.4, -0.2) is 104 Å². The molecule has 1 aliphatic carbocycles. The van der Waals surface area contributed by atoms with Crippen LogP contribution in [0.25, 0.3) is 0 Å². The molecular formula is C12H18N2O9. The zero-order valence-electron chi connectivity index (χ0n) is 12.1. The summed E-state index contributed by atoms with van der Waals surface area (Å²) in [5, 5.41) is 45.1. The maximum absolute atomic E-state index is 11.3. The van der Waals surface area contributed by atoms with Gasteiger partial charge in [0.15, 0.2) is 0 Å². The molecule has 0 saturated heterocycles. The Balaban J connectivity index is 2.80. The fourth-order valence-corrected chi connectivity index (χ4v) is 2.38. The second-order valence-corrected chi connectivity index (χ2v) is 5.26. The van der Waals surface area contributed by atoms with Gasteiger partial charge in [0.2, 0.25) is 0 Å². The number of aliphatic hydroxyl groups is 1. The van der Waals surface area contributed by atoms with E-state index < -0.39 is 55.2 Å². The van der Waals surface area contributed by atoms with Crippen molar-refractivity contribution >= 4 is 23.9 Å². The molecule has 0 aliphatic heterocycles. The predicted octanol–water partition coefficient (Wildman–Crippen LogP) is -2.57. The number of carboxylic acid groups (broad SMARTS) is 4. The molecule has 1 fully saturated rings. The van der Waals surface area contributed by atoms with Crippen molar-refractivity contribution in [3.8, 4) is 0 Å². The molecule has 0 aromatic carbocycles. The number of nitrogens with zero attached hydrogens (tertiary/aromatic N) is 2. The van der Waals surface area contributed by atoms with E-state index in [4.69, 9.17) is 15.3 Å². The summed E-state index contributed by atoms with van der Waals surface area (Å²) in [6.07, 6.45) is -1.38. The van der Waals surface area contributed by atoms with Crippen molar-refractivity contribution in [2.24, 2.45) is 0 Å². The first-order valence-electron chi connectivity index (χ1n) is 6.64. The van der Waals surface area contributed by atoms with Crippen molar-refractivity contribution in [2.75, 3.05) is 32.7 Å². The van der Waals surface area contributed by atoms with Gasteiger partial charge in [-0.1, -0.05) is 0 Å². The van der Waals surface area contributed by atoms with E-state index in [1.54, 1.807) is 0 Å². The molecule has 1 saturated carbocycles. The monoisotopic (exact) mass is 334 g/mol. The van der Waals surface area contributed by atoms with Gasteiger partial charge in [-0.25, -0.2) is 0 Å². The maximum Gasteiger partial charge on any atom is 0.326 e. The van der Waals surface area contributed by atoms with E-state index in [0.717, 1.165) is 9.80 Å². The summed E-state index contributed by atoms with van der Waals surface area (Å²) in [5.41, 5.74) is -1.73. The van der Waals surface area contributed by atoms with Crippen LogP contribution in [0.3, 0.4) is 0 Å². The fraction of sp³-hybridized carbons (Fsp3) is 0.667. The smallest absolute Gasteiger partial charge is 0.326 e. The molecule has 23 heavy (non-hydrogen) atoms. The van der Waals surface area contributed by atoms with Crippen LogP contribution < -0.4 is 0 Å². The van der Waals surface area contributed by atoms with Gasteiger partial charge in [0, 0.05) is 19.5 Å². The molecule has 0 amide bonds. The average molecular weight is 334 g/mol. The Morgan fingerprint density at radius 3 is 1.61 bits per heavy atom. The molecular weight excluding hydrogens is 316 g/mol. The number of carboxylic acids is 4. The Morgan fingerprint density at radius 2 is 1.30 bits per heavy atom. The van der Waals surface area contributed by atoms with Crippen molar-refractivity contribution in [1.29, 1.82) is 0 Å². The minimum atomic E-state index is -1.73. The number of carbonyl (C=O) groups is 4. The fourth-order valence-electron chi connectivity index (χ4n) is 2.38. The van der Waals surface area contributed by atoms with Crippen LogP contribution in [0, 0.1) is 0 Å². The summed E-state index contributed by atoms with van der Waals surface area (Å²) in [6.45, 7) is -2.23. The third-order valence-corrected chi connectivity index (χ3v) is 3.56. The van der Waals surface area contributed by atoms with Gasteiger partial charge < -0.3 is 25.5 Å². The Hall–Kier alpha value is -2.24. The topological polar surface area (TPSA) is 176 Å². The first-order valence-corrected chi connectivity index (χ1v) is 6.64. The molecule has 0 heterocycles. The summed E-state index contributed by atoms with van der Waals surface area (Å²) >= 11 is 0. The lowest BCUT2D eigenvalue weighted by molar-refractivity contribution is -0.151.